The van der Waals surface area contributed by atoms with Crippen molar-refractivity contribution < 1.29 is 17.9 Å². The minimum absolute atomic E-state index is 0.0964. The molecule has 0 heterocycles. The highest BCUT2D eigenvalue weighted by molar-refractivity contribution is 7.91. The fraction of sp³-hybridized carbons (Fsp3) is 0.385. The molecule has 1 aromatic rings. The van der Waals surface area contributed by atoms with Gasteiger partial charge in [0.05, 0.1) is 17.6 Å². The van der Waals surface area contributed by atoms with Crippen LogP contribution in [0.25, 0.3) is 0 Å². The summed E-state index contributed by atoms with van der Waals surface area (Å²) in [5.74, 6) is -0.856. The lowest BCUT2D eigenvalue weighted by atomic mass is 10.0. The molecule has 0 spiro atoms. The average Bonchev–Trinajstić information content (AvgIpc) is 2.25. The number of rotatable bonds is 5. The second-order valence-electron chi connectivity index (χ2n) is 4.16. The van der Waals surface area contributed by atoms with E-state index in [0.29, 0.717) is 11.1 Å². The molecule has 0 aliphatic heterocycles. The highest BCUT2D eigenvalue weighted by Gasteiger charge is 2.19. The first kappa shape index (κ1) is 14.9. The molecule has 1 N–H and O–H groups in total. The number of aliphatic hydroxyl groups is 1. The minimum Gasteiger partial charge on any atom is -0.387 e. The topological polar surface area (TPSA) is 54.4 Å². The molecular formula is C13H17FO3S. The highest BCUT2D eigenvalue weighted by atomic mass is 32.2. The summed E-state index contributed by atoms with van der Waals surface area (Å²) >= 11 is 0. The van der Waals surface area contributed by atoms with Crippen molar-refractivity contribution in [3.63, 3.8) is 0 Å². The van der Waals surface area contributed by atoms with E-state index in [-0.39, 0.29) is 11.5 Å². The van der Waals surface area contributed by atoms with Crippen LogP contribution in [0.4, 0.5) is 4.39 Å². The van der Waals surface area contributed by atoms with Crippen LogP contribution < -0.4 is 0 Å². The maximum Gasteiger partial charge on any atom is 0.156 e. The summed E-state index contributed by atoms with van der Waals surface area (Å²) < 4.78 is 36.2. The lowest BCUT2D eigenvalue weighted by Gasteiger charge is -2.13. The fourth-order valence-electron chi connectivity index (χ4n) is 1.65. The van der Waals surface area contributed by atoms with Crippen LogP contribution in [0.1, 0.15) is 24.2 Å². The van der Waals surface area contributed by atoms with Crippen LogP contribution in [0.15, 0.2) is 30.4 Å². The van der Waals surface area contributed by atoms with E-state index in [1.807, 2.05) is 0 Å². The summed E-state index contributed by atoms with van der Waals surface area (Å²) in [6.07, 6.45) is 2.05. The first-order valence-corrected chi connectivity index (χ1v) is 7.43. The van der Waals surface area contributed by atoms with E-state index < -0.39 is 21.8 Å². The molecule has 0 aliphatic carbocycles. The number of aryl methyl sites for hydroxylation is 1. The van der Waals surface area contributed by atoms with Gasteiger partial charge in [0.15, 0.2) is 9.84 Å². The van der Waals surface area contributed by atoms with Crippen molar-refractivity contribution in [2.45, 2.75) is 20.0 Å². The van der Waals surface area contributed by atoms with Gasteiger partial charge in [0.1, 0.15) is 5.82 Å². The molecule has 0 fully saturated rings. The summed E-state index contributed by atoms with van der Waals surface area (Å²) in [4.78, 5) is 0. The van der Waals surface area contributed by atoms with Gasteiger partial charge >= 0.3 is 0 Å². The van der Waals surface area contributed by atoms with Crippen LogP contribution in [0.2, 0.25) is 0 Å². The van der Waals surface area contributed by atoms with Crippen molar-refractivity contribution in [3.8, 4) is 0 Å². The fourth-order valence-corrected chi connectivity index (χ4v) is 2.94. The lowest BCUT2D eigenvalue weighted by Crippen LogP contribution is -2.17. The van der Waals surface area contributed by atoms with E-state index in [1.54, 1.807) is 19.9 Å². The number of allylic oxidation sites excluding steroid dienone is 1. The molecule has 1 aromatic carbocycles. The summed E-state index contributed by atoms with van der Waals surface area (Å²) in [5, 5.41) is 9.90. The summed E-state index contributed by atoms with van der Waals surface area (Å²) in [5.41, 5.74) is 0.990. The van der Waals surface area contributed by atoms with E-state index >= 15 is 0 Å². The predicted octanol–water partition coefficient (Wildman–Crippen LogP) is 2.16. The molecule has 0 radical (unpaired) electrons. The van der Waals surface area contributed by atoms with Crippen molar-refractivity contribution in [3.05, 3.63) is 47.3 Å². The highest BCUT2D eigenvalue weighted by Crippen LogP contribution is 2.20. The Labute approximate surface area is 107 Å². The zero-order valence-electron chi connectivity index (χ0n) is 10.4. The van der Waals surface area contributed by atoms with Crippen LogP contribution in [-0.2, 0) is 9.84 Å². The van der Waals surface area contributed by atoms with Gasteiger partial charge in [-0.05, 0) is 37.1 Å². The smallest absolute Gasteiger partial charge is 0.156 e. The molecule has 0 aliphatic rings. The molecule has 0 amide bonds. The molecule has 0 saturated heterocycles. The largest absolute Gasteiger partial charge is 0.387 e. The third-order valence-electron chi connectivity index (χ3n) is 2.59. The van der Waals surface area contributed by atoms with E-state index in [1.165, 1.54) is 24.3 Å². The van der Waals surface area contributed by atoms with Crippen LogP contribution >= 0.6 is 0 Å². The van der Waals surface area contributed by atoms with E-state index in [9.17, 15) is 17.9 Å². The standard InChI is InChI=1S/C13H17FO3S/c1-3-4-7-18(16,17)9-13(15)12-6-5-11(14)8-10(12)2/h3-6,8,13,15H,7,9H2,1-2H3. The van der Waals surface area contributed by atoms with E-state index in [2.05, 4.69) is 0 Å². The molecular weight excluding hydrogens is 255 g/mol. The number of sulfone groups is 1. The number of hydrogen-bond acceptors (Lipinski definition) is 3. The van der Waals surface area contributed by atoms with Crippen molar-refractivity contribution in [1.29, 1.82) is 0 Å². The predicted molar refractivity (Wildman–Crippen MR) is 69.6 cm³/mol. The normalized spacial score (nSPS) is 14.0. The third kappa shape index (κ3) is 4.23. The van der Waals surface area contributed by atoms with Gasteiger partial charge in [0, 0.05) is 0 Å². The first-order chi connectivity index (χ1) is 8.35. The van der Waals surface area contributed by atoms with E-state index in [4.69, 9.17) is 0 Å². The second kappa shape index (κ2) is 6.11. The molecule has 3 nitrogen and oxygen atoms in total. The van der Waals surface area contributed by atoms with Gasteiger partial charge in [-0.3, -0.25) is 0 Å². The van der Waals surface area contributed by atoms with Crippen molar-refractivity contribution in [2.24, 2.45) is 0 Å². The molecule has 1 rings (SSSR count). The molecule has 18 heavy (non-hydrogen) atoms. The lowest BCUT2D eigenvalue weighted by molar-refractivity contribution is 0.201. The van der Waals surface area contributed by atoms with Crippen molar-refractivity contribution in [1.82, 2.24) is 0 Å². The van der Waals surface area contributed by atoms with Gasteiger partial charge in [-0.2, -0.15) is 0 Å². The van der Waals surface area contributed by atoms with Gasteiger partial charge < -0.3 is 5.11 Å². The Morgan fingerprint density at radius 2 is 2.11 bits per heavy atom. The summed E-state index contributed by atoms with van der Waals surface area (Å²) in [6.45, 7) is 3.37. The SMILES string of the molecule is CC=CCS(=O)(=O)CC(O)c1ccc(F)cc1C. The zero-order valence-corrected chi connectivity index (χ0v) is 11.2. The van der Waals surface area contributed by atoms with Crippen LogP contribution in [0.3, 0.4) is 0 Å². The average molecular weight is 272 g/mol. The number of aliphatic hydroxyl groups excluding tert-OH is 1. The number of halogens is 1. The first-order valence-electron chi connectivity index (χ1n) is 5.61. The number of hydrogen-bond donors (Lipinski definition) is 1. The summed E-state index contributed by atoms with van der Waals surface area (Å²) in [6, 6.07) is 3.90. The molecule has 5 heteroatoms. The van der Waals surface area contributed by atoms with Gasteiger partial charge in [-0.1, -0.05) is 18.2 Å². The number of benzene rings is 1. The van der Waals surface area contributed by atoms with Gasteiger partial charge in [0.2, 0.25) is 0 Å². The third-order valence-corrected chi connectivity index (χ3v) is 4.11. The monoisotopic (exact) mass is 272 g/mol. The maximum atomic E-state index is 12.9. The van der Waals surface area contributed by atoms with Crippen LogP contribution in [0, 0.1) is 12.7 Å². The molecule has 0 aromatic heterocycles. The molecule has 1 unspecified atom stereocenters. The van der Waals surface area contributed by atoms with Crippen molar-refractivity contribution >= 4 is 9.84 Å². The van der Waals surface area contributed by atoms with Crippen molar-refractivity contribution in [2.75, 3.05) is 11.5 Å². The summed E-state index contributed by atoms with van der Waals surface area (Å²) in [7, 11) is -3.35. The molecule has 100 valence electrons. The zero-order chi connectivity index (χ0) is 13.8. The van der Waals surface area contributed by atoms with E-state index in [0.717, 1.165) is 0 Å². The van der Waals surface area contributed by atoms with Gasteiger partial charge in [-0.25, -0.2) is 12.8 Å². The Morgan fingerprint density at radius 3 is 2.67 bits per heavy atom. The van der Waals surface area contributed by atoms with Crippen LogP contribution in [0.5, 0.6) is 0 Å². The maximum absolute atomic E-state index is 12.9. The van der Waals surface area contributed by atoms with Crippen LogP contribution in [-0.4, -0.2) is 25.0 Å². The minimum atomic E-state index is -3.35. The Kier molecular flexibility index (Phi) is 5.04. The Bertz CT molecular complexity index is 535. The quantitative estimate of drug-likeness (QED) is 0.836. The van der Waals surface area contributed by atoms with Gasteiger partial charge in [0.25, 0.3) is 0 Å². The molecule has 0 bridgehead atoms. The molecule has 1 atom stereocenters. The molecule has 0 saturated carbocycles. The Balaban J connectivity index is 2.85. The second-order valence-corrected chi connectivity index (χ2v) is 6.32. The Hall–Kier alpha value is -1.20. The Morgan fingerprint density at radius 1 is 1.44 bits per heavy atom. The van der Waals surface area contributed by atoms with Gasteiger partial charge in [-0.15, -0.1) is 0 Å².